The van der Waals surface area contributed by atoms with Crippen molar-refractivity contribution in [2.45, 2.75) is 30.2 Å². The Labute approximate surface area is 102 Å². The lowest BCUT2D eigenvalue weighted by Gasteiger charge is -2.19. The fourth-order valence-electron chi connectivity index (χ4n) is 2.02. The molecule has 0 fully saturated rings. The maximum atomic E-state index is 6.20. The van der Waals surface area contributed by atoms with Crippen LogP contribution in [0.3, 0.4) is 0 Å². The number of benzene rings is 1. The summed E-state index contributed by atoms with van der Waals surface area (Å²) in [5.41, 5.74) is 7.60. The number of hydrogen-bond acceptors (Lipinski definition) is 3. The molecule has 0 aromatic heterocycles. The maximum Gasteiger partial charge on any atom is 0.0623 e. The first-order chi connectivity index (χ1) is 7.83. The summed E-state index contributed by atoms with van der Waals surface area (Å²) in [6.07, 6.45) is 1.06. The van der Waals surface area contributed by atoms with Gasteiger partial charge < -0.3 is 10.5 Å². The molecule has 1 aromatic rings. The van der Waals surface area contributed by atoms with Crippen LogP contribution in [-0.2, 0) is 4.74 Å². The monoisotopic (exact) mass is 237 g/mol. The topological polar surface area (TPSA) is 35.2 Å². The molecule has 0 radical (unpaired) electrons. The minimum Gasteiger partial charge on any atom is -0.380 e. The Hall–Kier alpha value is -0.510. The smallest absolute Gasteiger partial charge is 0.0623 e. The van der Waals surface area contributed by atoms with Gasteiger partial charge in [0.05, 0.1) is 6.61 Å². The number of hydrogen-bond donors (Lipinski definition) is 1. The fourth-order valence-corrected chi connectivity index (χ4v) is 3.37. The summed E-state index contributed by atoms with van der Waals surface area (Å²) in [5, 5.41) is 0. The SMILES string of the molecule is CCCOCC(N)C1CSc2ccccc21. The highest BCUT2D eigenvalue weighted by molar-refractivity contribution is 7.99. The molecule has 88 valence electrons. The lowest BCUT2D eigenvalue weighted by molar-refractivity contribution is 0.116. The maximum absolute atomic E-state index is 6.20. The zero-order valence-corrected chi connectivity index (χ0v) is 10.5. The molecule has 0 amide bonds. The first-order valence-corrected chi connectivity index (χ1v) is 6.86. The zero-order valence-electron chi connectivity index (χ0n) is 9.69. The quantitative estimate of drug-likeness (QED) is 0.800. The number of nitrogens with two attached hydrogens (primary N) is 1. The third kappa shape index (κ3) is 2.59. The summed E-state index contributed by atoms with van der Waals surface area (Å²) in [6.45, 7) is 3.61. The van der Waals surface area contributed by atoms with E-state index in [1.807, 2.05) is 11.8 Å². The van der Waals surface area contributed by atoms with Crippen LogP contribution in [0.15, 0.2) is 29.2 Å². The molecule has 1 aliphatic heterocycles. The van der Waals surface area contributed by atoms with Gasteiger partial charge in [-0.05, 0) is 18.1 Å². The Morgan fingerprint density at radius 1 is 1.50 bits per heavy atom. The highest BCUT2D eigenvalue weighted by Gasteiger charge is 2.27. The molecule has 1 aromatic carbocycles. The molecule has 2 rings (SSSR count). The summed E-state index contributed by atoms with van der Waals surface area (Å²) >= 11 is 1.91. The molecule has 0 saturated heterocycles. The molecule has 2 atom stereocenters. The highest BCUT2D eigenvalue weighted by Crippen LogP contribution is 2.40. The highest BCUT2D eigenvalue weighted by atomic mass is 32.2. The van der Waals surface area contributed by atoms with Crippen LogP contribution in [0.5, 0.6) is 0 Å². The van der Waals surface area contributed by atoms with E-state index in [4.69, 9.17) is 10.5 Å². The van der Waals surface area contributed by atoms with E-state index in [0.717, 1.165) is 18.8 Å². The average Bonchev–Trinajstić information content (AvgIpc) is 2.73. The predicted octanol–water partition coefficient (Wildman–Crippen LogP) is 2.63. The van der Waals surface area contributed by atoms with E-state index in [1.54, 1.807) is 0 Å². The molecule has 0 bridgehead atoms. The second-order valence-electron chi connectivity index (χ2n) is 4.19. The molecule has 0 spiro atoms. The molecule has 1 heterocycles. The predicted molar refractivity (Wildman–Crippen MR) is 69.0 cm³/mol. The molecule has 16 heavy (non-hydrogen) atoms. The molecule has 2 N–H and O–H groups in total. The van der Waals surface area contributed by atoms with Gasteiger partial charge in [-0.15, -0.1) is 11.8 Å². The van der Waals surface area contributed by atoms with Crippen LogP contribution >= 0.6 is 11.8 Å². The van der Waals surface area contributed by atoms with Crippen molar-refractivity contribution in [1.29, 1.82) is 0 Å². The third-order valence-electron chi connectivity index (χ3n) is 2.91. The van der Waals surface area contributed by atoms with Gasteiger partial charge in [0, 0.05) is 29.2 Å². The van der Waals surface area contributed by atoms with Crippen LogP contribution in [0.25, 0.3) is 0 Å². The van der Waals surface area contributed by atoms with E-state index in [0.29, 0.717) is 12.5 Å². The Bertz CT molecular complexity index is 342. The van der Waals surface area contributed by atoms with E-state index in [9.17, 15) is 0 Å². The van der Waals surface area contributed by atoms with Crippen molar-refractivity contribution < 1.29 is 4.74 Å². The Morgan fingerprint density at radius 2 is 2.31 bits per heavy atom. The van der Waals surface area contributed by atoms with Crippen LogP contribution in [0.4, 0.5) is 0 Å². The second-order valence-corrected chi connectivity index (χ2v) is 5.26. The fraction of sp³-hybridized carbons (Fsp3) is 0.538. The molecule has 2 unspecified atom stereocenters. The van der Waals surface area contributed by atoms with Crippen LogP contribution < -0.4 is 5.73 Å². The summed E-state index contributed by atoms with van der Waals surface area (Å²) in [4.78, 5) is 1.39. The summed E-state index contributed by atoms with van der Waals surface area (Å²) in [7, 11) is 0. The standard InChI is InChI=1S/C13H19NOS/c1-2-7-15-8-12(14)11-9-16-13-6-4-3-5-10(11)13/h3-6,11-12H,2,7-9,14H2,1H3. The molecule has 0 aliphatic carbocycles. The van der Waals surface area contributed by atoms with Crippen molar-refractivity contribution in [3.63, 3.8) is 0 Å². The summed E-state index contributed by atoms with van der Waals surface area (Å²) < 4.78 is 5.54. The van der Waals surface area contributed by atoms with Gasteiger partial charge in [0.1, 0.15) is 0 Å². The van der Waals surface area contributed by atoms with Crippen molar-refractivity contribution in [2.75, 3.05) is 19.0 Å². The molecule has 0 saturated carbocycles. The van der Waals surface area contributed by atoms with E-state index >= 15 is 0 Å². The number of rotatable bonds is 5. The van der Waals surface area contributed by atoms with Crippen molar-refractivity contribution in [1.82, 2.24) is 0 Å². The van der Waals surface area contributed by atoms with Crippen LogP contribution in [0, 0.1) is 0 Å². The van der Waals surface area contributed by atoms with Gasteiger partial charge in [0.2, 0.25) is 0 Å². The van der Waals surface area contributed by atoms with E-state index < -0.39 is 0 Å². The number of thioether (sulfide) groups is 1. The van der Waals surface area contributed by atoms with Crippen LogP contribution in [0.1, 0.15) is 24.8 Å². The summed E-state index contributed by atoms with van der Waals surface area (Å²) in [6, 6.07) is 8.69. The normalized spacial score (nSPS) is 20.8. The van der Waals surface area contributed by atoms with Gasteiger partial charge >= 0.3 is 0 Å². The van der Waals surface area contributed by atoms with Gasteiger partial charge in [-0.1, -0.05) is 25.1 Å². The Morgan fingerprint density at radius 3 is 3.12 bits per heavy atom. The second kappa shape index (κ2) is 5.71. The molecular formula is C13H19NOS. The lowest BCUT2D eigenvalue weighted by Crippen LogP contribution is -2.33. The third-order valence-corrected chi connectivity index (χ3v) is 4.12. The molecule has 3 heteroatoms. The average molecular weight is 237 g/mol. The molecule has 2 nitrogen and oxygen atoms in total. The minimum atomic E-state index is 0.127. The van der Waals surface area contributed by atoms with E-state index in [1.165, 1.54) is 10.5 Å². The zero-order chi connectivity index (χ0) is 11.4. The van der Waals surface area contributed by atoms with Gasteiger partial charge in [-0.2, -0.15) is 0 Å². The summed E-state index contributed by atoms with van der Waals surface area (Å²) in [5.74, 6) is 1.55. The van der Waals surface area contributed by atoms with Gasteiger partial charge in [0.25, 0.3) is 0 Å². The first kappa shape index (κ1) is 12.0. The largest absolute Gasteiger partial charge is 0.380 e. The van der Waals surface area contributed by atoms with Gasteiger partial charge in [-0.3, -0.25) is 0 Å². The van der Waals surface area contributed by atoms with E-state index in [-0.39, 0.29) is 6.04 Å². The Balaban J connectivity index is 1.96. The van der Waals surface area contributed by atoms with Crippen LogP contribution in [0.2, 0.25) is 0 Å². The number of fused-ring (bicyclic) bond motifs is 1. The van der Waals surface area contributed by atoms with Gasteiger partial charge in [0.15, 0.2) is 0 Å². The van der Waals surface area contributed by atoms with Crippen molar-refractivity contribution >= 4 is 11.8 Å². The van der Waals surface area contributed by atoms with Crippen molar-refractivity contribution in [3.8, 4) is 0 Å². The van der Waals surface area contributed by atoms with Gasteiger partial charge in [-0.25, -0.2) is 0 Å². The molecular weight excluding hydrogens is 218 g/mol. The van der Waals surface area contributed by atoms with Crippen molar-refractivity contribution in [3.05, 3.63) is 29.8 Å². The Kier molecular flexibility index (Phi) is 4.27. The first-order valence-electron chi connectivity index (χ1n) is 5.88. The lowest BCUT2D eigenvalue weighted by atomic mass is 9.94. The number of ether oxygens (including phenoxy) is 1. The van der Waals surface area contributed by atoms with Crippen LogP contribution in [-0.4, -0.2) is 25.0 Å². The molecule has 1 aliphatic rings. The minimum absolute atomic E-state index is 0.127. The van der Waals surface area contributed by atoms with E-state index in [2.05, 4.69) is 31.2 Å². The van der Waals surface area contributed by atoms with Crippen molar-refractivity contribution in [2.24, 2.45) is 5.73 Å².